The van der Waals surface area contributed by atoms with E-state index >= 15 is 0 Å². The molecule has 35 heavy (non-hydrogen) atoms. The van der Waals surface area contributed by atoms with Crippen molar-refractivity contribution in [3.05, 3.63) is 29.3 Å². The highest BCUT2D eigenvalue weighted by molar-refractivity contribution is 7.14. The number of alkyl halides is 4. The molecule has 0 bridgehead atoms. The summed E-state index contributed by atoms with van der Waals surface area (Å²) in [5, 5.41) is 12.3. The molecule has 2 fully saturated rings. The maximum Gasteiger partial charge on any atom is 0.406 e. The van der Waals surface area contributed by atoms with Crippen LogP contribution in [0.15, 0.2) is 29.3 Å². The molecule has 1 N–H and O–H groups in total. The average Bonchev–Trinajstić information content (AvgIpc) is 3.44. The van der Waals surface area contributed by atoms with Crippen molar-refractivity contribution in [1.29, 1.82) is 0 Å². The van der Waals surface area contributed by atoms with Crippen molar-refractivity contribution in [3.8, 4) is 10.7 Å². The lowest BCUT2D eigenvalue weighted by molar-refractivity contribution is -0.139. The minimum absolute atomic E-state index is 0.0447. The van der Waals surface area contributed by atoms with Gasteiger partial charge in [-0.2, -0.15) is 13.2 Å². The van der Waals surface area contributed by atoms with E-state index in [-0.39, 0.29) is 30.6 Å². The standard InChI is InChI=1S/C23H24F4N6OS/c1-32-8-7-17(15(24)11-32)29-16-3-2-4-18-14(16)9-19(33(18)12-23(25,26)27)22-31-30-20(35-22)10-28-21(34)13-5-6-13/h2-4,9,13,15H,5-8,10-12H2,1H3,(H,28,34)/b29-17+/t15-/m0/s1. The predicted molar refractivity (Wildman–Crippen MR) is 126 cm³/mol. The Kier molecular flexibility index (Phi) is 6.34. The highest BCUT2D eigenvalue weighted by Crippen LogP contribution is 2.37. The van der Waals surface area contributed by atoms with Gasteiger partial charge in [-0.3, -0.25) is 9.79 Å². The fourth-order valence-corrected chi connectivity index (χ4v) is 4.99. The lowest BCUT2D eigenvalue weighted by Gasteiger charge is -2.26. The van der Waals surface area contributed by atoms with Gasteiger partial charge in [0.2, 0.25) is 5.91 Å². The molecule has 0 unspecified atom stereocenters. The Hall–Kier alpha value is -2.86. The van der Waals surface area contributed by atoms with Crippen molar-refractivity contribution in [2.45, 2.75) is 44.7 Å². The molecule has 3 heterocycles. The van der Waals surface area contributed by atoms with Gasteiger partial charge in [0.05, 0.1) is 29.2 Å². The van der Waals surface area contributed by atoms with Crippen molar-refractivity contribution in [1.82, 2.24) is 25.0 Å². The Morgan fingerprint density at radius 2 is 2.09 bits per heavy atom. The lowest BCUT2D eigenvalue weighted by Crippen LogP contribution is -2.39. The molecule has 0 radical (unpaired) electrons. The summed E-state index contributed by atoms with van der Waals surface area (Å²) in [6.07, 6.45) is -3.49. The first-order valence-electron chi connectivity index (χ1n) is 11.4. The summed E-state index contributed by atoms with van der Waals surface area (Å²) in [6.45, 7) is -0.131. The Morgan fingerprint density at radius 1 is 1.29 bits per heavy atom. The van der Waals surface area contributed by atoms with Crippen LogP contribution in [-0.4, -0.2) is 63.8 Å². The molecule has 1 saturated heterocycles. The van der Waals surface area contributed by atoms with E-state index in [1.54, 1.807) is 24.3 Å². The summed E-state index contributed by atoms with van der Waals surface area (Å²) < 4.78 is 56.3. The van der Waals surface area contributed by atoms with E-state index in [9.17, 15) is 22.4 Å². The van der Waals surface area contributed by atoms with Crippen molar-refractivity contribution in [3.63, 3.8) is 0 Å². The van der Waals surface area contributed by atoms with Gasteiger partial charge in [0.1, 0.15) is 11.6 Å². The zero-order valence-electron chi connectivity index (χ0n) is 19.0. The average molecular weight is 509 g/mol. The summed E-state index contributed by atoms with van der Waals surface area (Å²) in [5.41, 5.74) is 1.40. The van der Waals surface area contributed by atoms with Gasteiger partial charge < -0.3 is 14.8 Å². The molecule has 12 heteroatoms. The number of hydrogen-bond acceptors (Lipinski definition) is 6. The van der Waals surface area contributed by atoms with Gasteiger partial charge >= 0.3 is 6.18 Å². The number of rotatable bonds is 6. The first kappa shape index (κ1) is 23.9. The number of halogens is 4. The number of hydrogen-bond donors (Lipinski definition) is 1. The van der Waals surface area contributed by atoms with Crippen molar-refractivity contribution >= 4 is 39.5 Å². The third-order valence-electron chi connectivity index (χ3n) is 6.16. The van der Waals surface area contributed by atoms with E-state index in [2.05, 4.69) is 20.5 Å². The fraction of sp³-hybridized carbons (Fsp3) is 0.478. The molecule has 186 valence electrons. The summed E-state index contributed by atoms with van der Waals surface area (Å²) >= 11 is 1.13. The second kappa shape index (κ2) is 9.30. The number of carbonyl (C=O) groups excluding carboxylic acids is 1. The Morgan fingerprint density at radius 3 is 2.80 bits per heavy atom. The quantitative estimate of drug-likeness (QED) is 0.498. The third kappa shape index (κ3) is 5.37. The third-order valence-corrected chi connectivity index (χ3v) is 7.10. The molecule has 1 amide bonds. The van der Waals surface area contributed by atoms with Crippen LogP contribution >= 0.6 is 11.3 Å². The van der Waals surface area contributed by atoms with Gasteiger partial charge in [-0.05, 0) is 38.1 Å². The molecule has 1 aromatic carbocycles. The topological polar surface area (TPSA) is 75.4 Å². The number of carbonyl (C=O) groups is 1. The minimum atomic E-state index is -4.47. The Labute approximate surface area is 202 Å². The van der Waals surface area contributed by atoms with Crippen LogP contribution in [0, 0.1) is 5.92 Å². The van der Waals surface area contributed by atoms with Gasteiger partial charge in [0, 0.05) is 30.8 Å². The highest BCUT2D eigenvalue weighted by atomic mass is 32.1. The number of benzene rings is 1. The maximum atomic E-state index is 14.6. The minimum Gasteiger partial charge on any atom is -0.349 e. The molecule has 7 nitrogen and oxygen atoms in total. The van der Waals surface area contributed by atoms with Crippen LogP contribution in [-0.2, 0) is 17.9 Å². The number of likely N-dealkylation sites (tertiary alicyclic amines) is 1. The summed E-state index contributed by atoms with van der Waals surface area (Å²) in [5.74, 6) is 0.00185. The zero-order chi connectivity index (χ0) is 24.7. The van der Waals surface area contributed by atoms with E-state index in [0.29, 0.717) is 45.3 Å². The molecule has 0 spiro atoms. The number of aromatic nitrogens is 3. The highest BCUT2D eigenvalue weighted by Gasteiger charge is 2.32. The molecule has 3 aromatic rings. The number of fused-ring (bicyclic) bond motifs is 1. The number of piperidine rings is 1. The molecule has 1 aliphatic carbocycles. The lowest BCUT2D eigenvalue weighted by atomic mass is 10.1. The molecule has 2 aliphatic rings. The van der Waals surface area contributed by atoms with Gasteiger partial charge in [0.15, 0.2) is 11.2 Å². The van der Waals surface area contributed by atoms with Gasteiger partial charge in [-0.25, -0.2) is 4.39 Å². The normalized spacial score (nSPS) is 20.6. The maximum absolute atomic E-state index is 14.6. The van der Waals surface area contributed by atoms with Crippen LogP contribution in [0.5, 0.6) is 0 Å². The smallest absolute Gasteiger partial charge is 0.349 e. The first-order valence-corrected chi connectivity index (χ1v) is 12.2. The Bertz CT molecular complexity index is 1280. The monoisotopic (exact) mass is 508 g/mol. The van der Waals surface area contributed by atoms with Crippen molar-refractivity contribution < 1.29 is 22.4 Å². The molecule has 1 saturated carbocycles. The van der Waals surface area contributed by atoms with Gasteiger partial charge in [-0.15, -0.1) is 10.2 Å². The van der Waals surface area contributed by atoms with Crippen LogP contribution in [0.1, 0.15) is 24.3 Å². The van der Waals surface area contributed by atoms with Crippen LogP contribution in [0.3, 0.4) is 0 Å². The summed E-state index contributed by atoms with van der Waals surface area (Å²) in [6, 6.07) is 6.50. The molecular formula is C23H24F4N6OS. The second-order valence-corrected chi connectivity index (χ2v) is 10.1. The van der Waals surface area contributed by atoms with Crippen LogP contribution in [0.4, 0.5) is 23.2 Å². The predicted octanol–water partition coefficient (Wildman–Crippen LogP) is 4.49. The number of nitrogens with zero attached hydrogens (tertiary/aromatic N) is 5. The second-order valence-electron chi connectivity index (χ2n) is 9.02. The Balaban J connectivity index is 1.51. The molecule has 1 atom stereocenters. The van der Waals surface area contributed by atoms with Crippen LogP contribution in [0.25, 0.3) is 21.6 Å². The SMILES string of the molecule is CN1CC/C(=N\c2cccc3c2cc(-c2nnc(CNC(=O)C4CC4)s2)n3CC(F)(F)F)[C@@H](F)C1. The van der Waals surface area contributed by atoms with Gasteiger partial charge in [0.25, 0.3) is 0 Å². The van der Waals surface area contributed by atoms with Crippen LogP contribution < -0.4 is 5.32 Å². The summed E-state index contributed by atoms with van der Waals surface area (Å²) in [7, 11) is 1.83. The molecule has 5 rings (SSSR count). The molecular weight excluding hydrogens is 484 g/mol. The number of aliphatic imine (C=N–C) groups is 1. The van der Waals surface area contributed by atoms with E-state index in [0.717, 1.165) is 28.7 Å². The van der Waals surface area contributed by atoms with Crippen molar-refractivity contribution in [2.75, 3.05) is 20.1 Å². The largest absolute Gasteiger partial charge is 0.406 e. The zero-order valence-corrected chi connectivity index (χ0v) is 19.8. The fourth-order valence-electron chi connectivity index (χ4n) is 4.19. The van der Waals surface area contributed by atoms with Gasteiger partial charge in [-0.1, -0.05) is 17.4 Å². The number of amides is 1. The van der Waals surface area contributed by atoms with E-state index < -0.39 is 18.9 Å². The van der Waals surface area contributed by atoms with Crippen LogP contribution in [0.2, 0.25) is 0 Å². The summed E-state index contributed by atoms with van der Waals surface area (Å²) in [4.78, 5) is 18.3. The first-order chi connectivity index (χ1) is 16.7. The van der Waals surface area contributed by atoms with E-state index in [1.807, 2.05) is 11.9 Å². The van der Waals surface area contributed by atoms with Crippen molar-refractivity contribution in [2.24, 2.45) is 10.9 Å². The molecule has 1 aliphatic heterocycles. The number of nitrogens with one attached hydrogen (secondary N) is 1. The van der Waals surface area contributed by atoms with E-state index in [4.69, 9.17) is 0 Å². The van der Waals surface area contributed by atoms with E-state index in [1.165, 1.54) is 0 Å². The molecule has 2 aromatic heterocycles.